The number of para-hydroxylation sites is 1. The molecule has 0 amide bonds. The molecule has 0 N–H and O–H groups in total. The molecule has 0 saturated carbocycles. The van der Waals surface area contributed by atoms with Gasteiger partial charge in [0.05, 0.1) is 11.4 Å². The highest BCUT2D eigenvalue weighted by molar-refractivity contribution is 5.96. The van der Waals surface area contributed by atoms with Gasteiger partial charge >= 0.3 is 0 Å². The summed E-state index contributed by atoms with van der Waals surface area (Å²) in [5.41, 5.74) is 18.2. The Hall–Kier alpha value is -6.44. The first-order valence-corrected chi connectivity index (χ1v) is 18.1. The lowest BCUT2D eigenvalue weighted by molar-refractivity contribution is 0.660. The molecule has 9 rings (SSSR count). The fourth-order valence-electron chi connectivity index (χ4n) is 8.01. The third-order valence-corrected chi connectivity index (χ3v) is 10.7. The minimum Gasteiger partial charge on any atom is -0.309 e. The topological polar surface area (TPSA) is 3.24 Å². The van der Waals surface area contributed by atoms with Gasteiger partial charge in [0.25, 0.3) is 0 Å². The molecule has 8 aromatic rings. The van der Waals surface area contributed by atoms with Crippen LogP contribution in [0.25, 0.3) is 55.6 Å². The molecule has 1 aliphatic rings. The van der Waals surface area contributed by atoms with Gasteiger partial charge in [-0.15, -0.1) is 0 Å². The molecule has 0 radical (unpaired) electrons. The maximum Gasteiger partial charge on any atom is 0.0540 e. The van der Waals surface area contributed by atoms with Crippen LogP contribution < -0.4 is 4.90 Å². The lowest BCUT2D eigenvalue weighted by Crippen LogP contribution is -2.17. The molecule has 0 aromatic heterocycles. The van der Waals surface area contributed by atoms with Crippen molar-refractivity contribution in [1.29, 1.82) is 0 Å². The molecule has 0 fully saturated rings. The zero-order chi connectivity index (χ0) is 35.1. The standard InChI is InChI=1S/C51H39N/c1-51(2)47-24-14-12-23-44(47)45-32-31-42(35-48(45)51)52(49-25-15-13-22-43(49)40-28-26-38(27-29-40)36-16-6-3-7-17-36)50-33-30-41(37-18-8-4-9-19-37)34-46(50)39-20-10-5-11-21-39/h3-35H,1-2H3. The summed E-state index contributed by atoms with van der Waals surface area (Å²) in [4.78, 5) is 2.48. The summed E-state index contributed by atoms with van der Waals surface area (Å²) in [5, 5.41) is 0. The van der Waals surface area contributed by atoms with E-state index < -0.39 is 0 Å². The van der Waals surface area contributed by atoms with Gasteiger partial charge in [-0.1, -0.05) is 184 Å². The second-order valence-electron chi connectivity index (χ2n) is 14.2. The second kappa shape index (κ2) is 13.0. The second-order valence-corrected chi connectivity index (χ2v) is 14.2. The Morgan fingerprint density at radius 2 is 0.769 bits per heavy atom. The van der Waals surface area contributed by atoms with Crippen LogP contribution in [-0.4, -0.2) is 0 Å². The molecule has 0 unspecified atom stereocenters. The fourth-order valence-corrected chi connectivity index (χ4v) is 8.01. The molecule has 0 bridgehead atoms. The van der Waals surface area contributed by atoms with Gasteiger partial charge in [0.15, 0.2) is 0 Å². The monoisotopic (exact) mass is 665 g/mol. The molecule has 0 saturated heterocycles. The van der Waals surface area contributed by atoms with Gasteiger partial charge in [0.1, 0.15) is 0 Å². The highest BCUT2D eigenvalue weighted by Gasteiger charge is 2.36. The van der Waals surface area contributed by atoms with Crippen LogP contribution in [0.15, 0.2) is 200 Å². The summed E-state index contributed by atoms with van der Waals surface area (Å²) >= 11 is 0. The van der Waals surface area contributed by atoms with Crippen molar-refractivity contribution in [2.75, 3.05) is 4.90 Å². The highest BCUT2D eigenvalue weighted by Crippen LogP contribution is 2.52. The lowest BCUT2D eigenvalue weighted by atomic mass is 9.82. The van der Waals surface area contributed by atoms with Crippen LogP contribution in [0, 0.1) is 0 Å². The smallest absolute Gasteiger partial charge is 0.0540 e. The molecule has 0 heterocycles. The maximum atomic E-state index is 2.48. The van der Waals surface area contributed by atoms with Gasteiger partial charge in [0.2, 0.25) is 0 Å². The number of nitrogens with zero attached hydrogens (tertiary/aromatic N) is 1. The minimum atomic E-state index is -0.125. The predicted octanol–water partition coefficient (Wildman–Crippen LogP) is 14.1. The quantitative estimate of drug-likeness (QED) is 0.164. The van der Waals surface area contributed by atoms with E-state index in [0.29, 0.717) is 0 Å². The summed E-state index contributed by atoms with van der Waals surface area (Å²) in [5.74, 6) is 0. The molecular formula is C51H39N. The van der Waals surface area contributed by atoms with Crippen molar-refractivity contribution in [1.82, 2.24) is 0 Å². The molecule has 0 spiro atoms. The van der Waals surface area contributed by atoms with Gasteiger partial charge < -0.3 is 4.90 Å². The third-order valence-electron chi connectivity index (χ3n) is 10.7. The van der Waals surface area contributed by atoms with Crippen molar-refractivity contribution >= 4 is 17.1 Å². The molecule has 0 aliphatic heterocycles. The zero-order valence-corrected chi connectivity index (χ0v) is 29.5. The van der Waals surface area contributed by atoms with Crippen molar-refractivity contribution in [2.45, 2.75) is 19.3 Å². The first-order chi connectivity index (χ1) is 25.6. The Morgan fingerprint density at radius 3 is 1.46 bits per heavy atom. The molecule has 1 nitrogen and oxygen atoms in total. The number of hydrogen-bond donors (Lipinski definition) is 0. The highest BCUT2D eigenvalue weighted by atomic mass is 15.1. The van der Waals surface area contributed by atoms with Gasteiger partial charge in [-0.05, 0) is 86.0 Å². The van der Waals surface area contributed by atoms with Crippen LogP contribution >= 0.6 is 0 Å². The number of rotatable bonds is 7. The Kier molecular flexibility index (Phi) is 7.90. The van der Waals surface area contributed by atoms with Crippen LogP contribution in [0.5, 0.6) is 0 Å². The molecule has 0 atom stereocenters. The summed E-state index contributed by atoms with van der Waals surface area (Å²) in [6.07, 6.45) is 0. The summed E-state index contributed by atoms with van der Waals surface area (Å²) in [6, 6.07) is 72.9. The first kappa shape index (κ1) is 31.5. The van der Waals surface area contributed by atoms with Crippen molar-refractivity contribution in [3.05, 3.63) is 211 Å². The predicted molar refractivity (Wildman–Crippen MR) is 220 cm³/mol. The Labute approximate surface area is 307 Å². The zero-order valence-electron chi connectivity index (χ0n) is 29.5. The first-order valence-electron chi connectivity index (χ1n) is 18.1. The van der Waals surface area contributed by atoms with Crippen LogP contribution in [0.4, 0.5) is 17.1 Å². The number of benzene rings is 8. The number of anilines is 3. The van der Waals surface area contributed by atoms with Crippen molar-refractivity contribution < 1.29 is 0 Å². The van der Waals surface area contributed by atoms with E-state index in [-0.39, 0.29) is 5.41 Å². The SMILES string of the molecule is CC1(C)c2ccccc2-c2ccc(N(c3ccccc3-c3ccc(-c4ccccc4)cc3)c3ccc(-c4ccccc4)cc3-c3ccccc3)cc21. The summed E-state index contributed by atoms with van der Waals surface area (Å²) in [6.45, 7) is 4.72. The lowest BCUT2D eigenvalue weighted by Gasteiger charge is -2.31. The molecule has 8 aromatic carbocycles. The molecular weight excluding hydrogens is 627 g/mol. The van der Waals surface area contributed by atoms with E-state index in [1.807, 2.05) is 0 Å². The van der Waals surface area contributed by atoms with E-state index in [2.05, 4.69) is 219 Å². The molecule has 52 heavy (non-hydrogen) atoms. The van der Waals surface area contributed by atoms with Crippen molar-refractivity contribution in [3.8, 4) is 55.6 Å². The normalized spacial score (nSPS) is 12.6. The van der Waals surface area contributed by atoms with Gasteiger partial charge in [0, 0.05) is 22.2 Å². The van der Waals surface area contributed by atoms with E-state index in [1.54, 1.807) is 0 Å². The van der Waals surface area contributed by atoms with E-state index in [0.717, 1.165) is 17.1 Å². The van der Waals surface area contributed by atoms with E-state index in [1.165, 1.54) is 66.8 Å². The fraction of sp³-hybridized carbons (Fsp3) is 0.0588. The summed E-state index contributed by atoms with van der Waals surface area (Å²) < 4.78 is 0. The molecule has 1 heteroatoms. The van der Waals surface area contributed by atoms with E-state index in [9.17, 15) is 0 Å². The third kappa shape index (κ3) is 5.52. The average molecular weight is 666 g/mol. The van der Waals surface area contributed by atoms with Gasteiger partial charge in [-0.2, -0.15) is 0 Å². The largest absolute Gasteiger partial charge is 0.309 e. The summed E-state index contributed by atoms with van der Waals surface area (Å²) in [7, 11) is 0. The van der Waals surface area contributed by atoms with Gasteiger partial charge in [-0.3, -0.25) is 0 Å². The maximum absolute atomic E-state index is 2.48. The number of fused-ring (bicyclic) bond motifs is 3. The molecule has 1 aliphatic carbocycles. The van der Waals surface area contributed by atoms with E-state index in [4.69, 9.17) is 0 Å². The van der Waals surface area contributed by atoms with Crippen molar-refractivity contribution in [2.24, 2.45) is 0 Å². The Morgan fingerprint density at radius 1 is 0.308 bits per heavy atom. The number of hydrogen-bond acceptors (Lipinski definition) is 1. The average Bonchev–Trinajstić information content (AvgIpc) is 3.45. The van der Waals surface area contributed by atoms with Crippen LogP contribution in [-0.2, 0) is 5.41 Å². The minimum absolute atomic E-state index is 0.125. The van der Waals surface area contributed by atoms with Crippen LogP contribution in [0.3, 0.4) is 0 Å². The van der Waals surface area contributed by atoms with E-state index >= 15 is 0 Å². The molecule has 248 valence electrons. The van der Waals surface area contributed by atoms with Crippen LogP contribution in [0.2, 0.25) is 0 Å². The Balaban J connectivity index is 1.27. The van der Waals surface area contributed by atoms with Crippen LogP contribution in [0.1, 0.15) is 25.0 Å². The Bertz CT molecular complexity index is 2510. The van der Waals surface area contributed by atoms with Gasteiger partial charge in [-0.25, -0.2) is 0 Å². The van der Waals surface area contributed by atoms with Crippen molar-refractivity contribution in [3.63, 3.8) is 0 Å².